The molecule has 0 saturated heterocycles. The number of nitrogens with zero attached hydrogens (tertiary/aromatic N) is 2. The number of benzene rings is 5. The van der Waals surface area contributed by atoms with Crippen LogP contribution in [0.25, 0.3) is 66.1 Å². The molecule has 2 heteroatoms. The molecule has 168 valence electrons. The lowest BCUT2D eigenvalue weighted by Gasteiger charge is -2.13. The highest BCUT2D eigenvalue weighted by molar-refractivity contribution is 6.11. The Bertz CT molecular complexity index is 1890. The lowest BCUT2D eigenvalue weighted by molar-refractivity contribution is 1.29. The van der Waals surface area contributed by atoms with Crippen molar-refractivity contribution in [3.05, 3.63) is 134 Å². The lowest BCUT2D eigenvalue weighted by Crippen LogP contribution is -1.93. The van der Waals surface area contributed by atoms with Crippen molar-refractivity contribution in [2.24, 2.45) is 0 Å². The van der Waals surface area contributed by atoms with Gasteiger partial charge in [0.05, 0.1) is 16.9 Å². The Kier molecular flexibility index (Phi) is 4.82. The molecule has 7 rings (SSSR count). The molecule has 0 aliphatic carbocycles. The summed E-state index contributed by atoms with van der Waals surface area (Å²) in [6.45, 7) is 0. The van der Waals surface area contributed by atoms with E-state index in [9.17, 15) is 0 Å². The summed E-state index contributed by atoms with van der Waals surface area (Å²) in [6, 6.07) is 44.7. The second-order valence-corrected chi connectivity index (χ2v) is 9.03. The van der Waals surface area contributed by atoms with Crippen LogP contribution in [-0.4, -0.2) is 9.97 Å². The summed E-state index contributed by atoms with van der Waals surface area (Å²) < 4.78 is 0. The molecule has 2 nitrogen and oxygen atoms in total. The number of aromatic nitrogens is 2. The van der Waals surface area contributed by atoms with E-state index in [1.807, 2.05) is 12.3 Å². The lowest BCUT2D eigenvalue weighted by atomic mass is 9.92. The fourth-order valence-electron chi connectivity index (χ4n) is 5.25. The molecule has 0 atom stereocenters. The van der Waals surface area contributed by atoms with E-state index in [1.54, 1.807) is 0 Å². The molecule has 2 heterocycles. The standard InChI is InChI=1S/C34H22N2/c1-2-10-23(11-3-1)25-18-19-26(28-13-5-4-12-27(25)28)24-20-21-35-33(22-24)34-31-16-7-6-14-29(31)30-15-8-9-17-32(30)36-34/h1-22H. The Morgan fingerprint density at radius 2 is 1.00 bits per heavy atom. The highest BCUT2D eigenvalue weighted by Crippen LogP contribution is 2.37. The van der Waals surface area contributed by atoms with Crippen molar-refractivity contribution in [1.29, 1.82) is 0 Å². The molecule has 0 spiro atoms. The maximum atomic E-state index is 5.06. The minimum atomic E-state index is 0.880. The molecule has 0 aliphatic heterocycles. The van der Waals surface area contributed by atoms with Crippen LogP contribution in [-0.2, 0) is 0 Å². The van der Waals surface area contributed by atoms with Gasteiger partial charge in [0.2, 0.25) is 0 Å². The van der Waals surface area contributed by atoms with Crippen LogP contribution < -0.4 is 0 Å². The van der Waals surface area contributed by atoms with Crippen LogP contribution in [0.2, 0.25) is 0 Å². The van der Waals surface area contributed by atoms with E-state index >= 15 is 0 Å². The van der Waals surface area contributed by atoms with Gasteiger partial charge in [-0.2, -0.15) is 0 Å². The maximum Gasteiger partial charge on any atom is 0.0972 e. The van der Waals surface area contributed by atoms with Gasteiger partial charge in [0, 0.05) is 17.0 Å². The number of rotatable bonds is 3. The van der Waals surface area contributed by atoms with Gasteiger partial charge in [-0.05, 0) is 56.6 Å². The van der Waals surface area contributed by atoms with Gasteiger partial charge in [-0.25, -0.2) is 4.98 Å². The molecule has 0 N–H and O–H groups in total. The van der Waals surface area contributed by atoms with Crippen LogP contribution in [0.15, 0.2) is 134 Å². The van der Waals surface area contributed by atoms with Gasteiger partial charge in [-0.15, -0.1) is 0 Å². The van der Waals surface area contributed by atoms with E-state index in [-0.39, 0.29) is 0 Å². The SMILES string of the molecule is c1ccc(-c2ccc(-c3ccnc(-c4nc5ccccc5c5ccccc45)c3)c3ccccc23)cc1. The molecule has 0 unspecified atom stereocenters. The molecular formula is C34H22N2. The topological polar surface area (TPSA) is 25.8 Å². The van der Waals surface area contributed by atoms with Crippen molar-refractivity contribution in [2.45, 2.75) is 0 Å². The first-order valence-corrected chi connectivity index (χ1v) is 12.2. The Balaban J connectivity index is 1.44. The average molecular weight is 459 g/mol. The minimum Gasteiger partial charge on any atom is -0.255 e. The first-order chi connectivity index (χ1) is 17.9. The molecule has 2 aromatic heterocycles. The van der Waals surface area contributed by atoms with Crippen molar-refractivity contribution in [2.75, 3.05) is 0 Å². The quantitative estimate of drug-likeness (QED) is 0.247. The monoisotopic (exact) mass is 458 g/mol. The number of pyridine rings is 2. The first-order valence-electron chi connectivity index (χ1n) is 12.2. The predicted molar refractivity (Wildman–Crippen MR) is 151 cm³/mol. The Morgan fingerprint density at radius 1 is 0.417 bits per heavy atom. The third-order valence-corrected chi connectivity index (χ3v) is 6.93. The van der Waals surface area contributed by atoms with E-state index in [4.69, 9.17) is 9.97 Å². The van der Waals surface area contributed by atoms with Gasteiger partial charge in [0.1, 0.15) is 0 Å². The number of para-hydroxylation sites is 1. The van der Waals surface area contributed by atoms with Gasteiger partial charge in [-0.1, -0.05) is 109 Å². The first kappa shape index (κ1) is 20.5. The zero-order valence-corrected chi connectivity index (χ0v) is 19.6. The molecule has 0 amide bonds. The summed E-state index contributed by atoms with van der Waals surface area (Å²) in [4.78, 5) is 9.84. The van der Waals surface area contributed by atoms with Crippen LogP contribution in [0.5, 0.6) is 0 Å². The van der Waals surface area contributed by atoms with Crippen molar-refractivity contribution < 1.29 is 0 Å². The number of fused-ring (bicyclic) bond motifs is 4. The van der Waals surface area contributed by atoms with E-state index in [1.165, 1.54) is 32.8 Å². The Morgan fingerprint density at radius 3 is 1.75 bits per heavy atom. The maximum absolute atomic E-state index is 5.06. The Hall–Kier alpha value is -4.82. The molecule has 0 saturated carbocycles. The zero-order chi connectivity index (χ0) is 23.9. The summed E-state index contributed by atoms with van der Waals surface area (Å²) in [5.41, 5.74) is 7.57. The van der Waals surface area contributed by atoms with Gasteiger partial charge in [0.15, 0.2) is 0 Å². The molecule has 0 aliphatic rings. The molecule has 0 fully saturated rings. The third kappa shape index (κ3) is 3.35. The molecular weight excluding hydrogens is 436 g/mol. The highest BCUT2D eigenvalue weighted by atomic mass is 14.8. The normalized spacial score (nSPS) is 11.3. The van der Waals surface area contributed by atoms with Crippen molar-refractivity contribution >= 4 is 32.4 Å². The van der Waals surface area contributed by atoms with Crippen molar-refractivity contribution in [1.82, 2.24) is 9.97 Å². The van der Waals surface area contributed by atoms with Crippen LogP contribution in [0.1, 0.15) is 0 Å². The summed E-state index contributed by atoms with van der Waals surface area (Å²) in [5.74, 6) is 0. The fourth-order valence-corrected chi connectivity index (χ4v) is 5.25. The molecule has 5 aromatic carbocycles. The minimum absolute atomic E-state index is 0.880. The summed E-state index contributed by atoms with van der Waals surface area (Å²) in [7, 11) is 0. The number of hydrogen-bond donors (Lipinski definition) is 0. The summed E-state index contributed by atoms with van der Waals surface area (Å²) >= 11 is 0. The fraction of sp³-hybridized carbons (Fsp3) is 0. The zero-order valence-electron chi connectivity index (χ0n) is 19.6. The van der Waals surface area contributed by atoms with Gasteiger partial charge in [-0.3, -0.25) is 4.98 Å². The predicted octanol–water partition coefficient (Wildman–Crippen LogP) is 8.94. The van der Waals surface area contributed by atoms with E-state index < -0.39 is 0 Å². The van der Waals surface area contributed by atoms with E-state index in [0.29, 0.717) is 0 Å². The van der Waals surface area contributed by atoms with Gasteiger partial charge < -0.3 is 0 Å². The molecule has 0 bridgehead atoms. The average Bonchev–Trinajstić information content (AvgIpc) is 2.97. The second-order valence-electron chi connectivity index (χ2n) is 9.03. The summed E-state index contributed by atoms with van der Waals surface area (Å²) in [5, 5.41) is 5.95. The molecule has 36 heavy (non-hydrogen) atoms. The third-order valence-electron chi connectivity index (χ3n) is 6.93. The van der Waals surface area contributed by atoms with Crippen LogP contribution in [0.4, 0.5) is 0 Å². The summed E-state index contributed by atoms with van der Waals surface area (Å²) in [6.07, 6.45) is 1.90. The van der Waals surface area contributed by atoms with Crippen LogP contribution >= 0.6 is 0 Å². The Labute approximate surface area is 209 Å². The van der Waals surface area contributed by atoms with Crippen molar-refractivity contribution in [3.8, 4) is 33.6 Å². The smallest absolute Gasteiger partial charge is 0.0972 e. The second kappa shape index (κ2) is 8.44. The molecule has 7 aromatic rings. The van der Waals surface area contributed by atoms with Crippen molar-refractivity contribution in [3.63, 3.8) is 0 Å². The molecule has 0 radical (unpaired) electrons. The van der Waals surface area contributed by atoms with Gasteiger partial charge >= 0.3 is 0 Å². The van der Waals surface area contributed by atoms with Gasteiger partial charge in [0.25, 0.3) is 0 Å². The van der Waals surface area contributed by atoms with Crippen LogP contribution in [0, 0.1) is 0 Å². The van der Waals surface area contributed by atoms with E-state index in [2.05, 4.69) is 121 Å². The highest BCUT2D eigenvalue weighted by Gasteiger charge is 2.14. The largest absolute Gasteiger partial charge is 0.255 e. The number of hydrogen-bond acceptors (Lipinski definition) is 2. The van der Waals surface area contributed by atoms with E-state index in [0.717, 1.165) is 33.2 Å². The van der Waals surface area contributed by atoms with Crippen LogP contribution in [0.3, 0.4) is 0 Å².